The molecule has 136 valence electrons. The van der Waals surface area contributed by atoms with Gasteiger partial charge in [-0.2, -0.15) is 0 Å². The Morgan fingerprint density at radius 1 is 1.17 bits per heavy atom. The van der Waals surface area contributed by atoms with Crippen LogP contribution in [0.5, 0.6) is 0 Å². The van der Waals surface area contributed by atoms with Crippen molar-refractivity contribution in [2.75, 3.05) is 19.8 Å². The molecule has 5 N–H and O–H groups in total. The third-order valence-corrected chi connectivity index (χ3v) is 4.89. The SMILES string of the molecule is CCC1OC(OC2(CCO)COCC(O)C2O)C(O)C(O)C1C. The molecule has 8 heteroatoms. The minimum absolute atomic E-state index is 0.000245. The molecule has 0 aromatic rings. The van der Waals surface area contributed by atoms with Gasteiger partial charge in [-0.3, -0.25) is 0 Å². The Labute approximate surface area is 135 Å². The molecule has 0 aromatic heterocycles. The van der Waals surface area contributed by atoms with Gasteiger partial charge in [0.2, 0.25) is 0 Å². The monoisotopic (exact) mass is 336 g/mol. The normalized spacial score (nSPS) is 48.4. The molecule has 0 spiro atoms. The van der Waals surface area contributed by atoms with Crippen LogP contribution in [0.1, 0.15) is 26.7 Å². The van der Waals surface area contributed by atoms with Crippen molar-refractivity contribution >= 4 is 0 Å². The van der Waals surface area contributed by atoms with E-state index < -0.39 is 36.3 Å². The fourth-order valence-electron chi connectivity index (χ4n) is 3.32. The largest absolute Gasteiger partial charge is 0.396 e. The zero-order chi connectivity index (χ0) is 17.2. The fourth-order valence-corrected chi connectivity index (χ4v) is 3.32. The first-order valence-electron chi connectivity index (χ1n) is 8.10. The van der Waals surface area contributed by atoms with Crippen LogP contribution in [0.15, 0.2) is 0 Å². The highest BCUT2D eigenvalue weighted by Crippen LogP contribution is 2.35. The highest BCUT2D eigenvalue weighted by molar-refractivity contribution is 4.97. The smallest absolute Gasteiger partial charge is 0.187 e. The van der Waals surface area contributed by atoms with Gasteiger partial charge in [-0.15, -0.1) is 0 Å². The number of aliphatic hydroxyl groups is 5. The maximum atomic E-state index is 10.3. The van der Waals surface area contributed by atoms with E-state index in [1.165, 1.54) is 0 Å². The van der Waals surface area contributed by atoms with E-state index in [9.17, 15) is 25.5 Å². The molecular weight excluding hydrogens is 308 g/mol. The summed E-state index contributed by atoms with van der Waals surface area (Å²) < 4.78 is 16.8. The van der Waals surface area contributed by atoms with Crippen LogP contribution < -0.4 is 0 Å². The molecule has 8 unspecified atom stereocenters. The molecule has 2 fully saturated rings. The van der Waals surface area contributed by atoms with E-state index in [2.05, 4.69) is 0 Å². The molecule has 2 aliphatic heterocycles. The predicted molar refractivity (Wildman–Crippen MR) is 78.5 cm³/mol. The van der Waals surface area contributed by atoms with Gasteiger partial charge in [0.25, 0.3) is 0 Å². The standard InChI is InChI=1S/C15H28O8/c1-3-10-8(2)11(18)12(19)14(22-10)23-15(4-5-16)7-21-6-9(17)13(15)20/h8-14,16-20H,3-7H2,1-2H3. The van der Waals surface area contributed by atoms with E-state index in [0.717, 1.165) is 0 Å². The van der Waals surface area contributed by atoms with Gasteiger partial charge >= 0.3 is 0 Å². The number of aliphatic hydroxyl groups excluding tert-OH is 5. The Kier molecular flexibility index (Phi) is 6.37. The highest BCUT2D eigenvalue weighted by atomic mass is 16.7. The minimum Gasteiger partial charge on any atom is -0.396 e. The van der Waals surface area contributed by atoms with Gasteiger partial charge in [0, 0.05) is 18.9 Å². The molecule has 2 heterocycles. The van der Waals surface area contributed by atoms with Gasteiger partial charge in [-0.05, 0) is 6.42 Å². The van der Waals surface area contributed by atoms with Crippen molar-refractivity contribution in [3.05, 3.63) is 0 Å². The number of hydrogen-bond donors (Lipinski definition) is 5. The molecule has 2 saturated heterocycles. The van der Waals surface area contributed by atoms with Gasteiger partial charge in [0.15, 0.2) is 6.29 Å². The predicted octanol–water partition coefficient (Wildman–Crippen LogP) is -1.63. The fraction of sp³-hybridized carbons (Fsp3) is 1.00. The summed E-state index contributed by atoms with van der Waals surface area (Å²) in [7, 11) is 0. The Bertz CT molecular complexity index is 374. The van der Waals surface area contributed by atoms with E-state index in [4.69, 9.17) is 14.2 Å². The first-order valence-corrected chi connectivity index (χ1v) is 8.10. The Morgan fingerprint density at radius 2 is 1.87 bits per heavy atom. The summed E-state index contributed by atoms with van der Waals surface area (Å²) in [4.78, 5) is 0. The third-order valence-electron chi connectivity index (χ3n) is 4.89. The second kappa shape index (κ2) is 7.71. The zero-order valence-corrected chi connectivity index (χ0v) is 13.5. The quantitative estimate of drug-likeness (QED) is 0.405. The van der Waals surface area contributed by atoms with E-state index in [1.54, 1.807) is 6.92 Å². The number of rotatable bonds is 5. The summed E-state index contributed by atoms with van der Waals surface area (Å²) in [5.41, 5.74) is -1.41. The van der Waals surface area contributed by atoms with Crippen LogP contribution in [0.3, 0.4) is 0 Å². The van der Waals surface area contributed by atoms with Gasteiger partial charge in [0.05, 0.1) is 25.4 Å². The van der Waals surface area contributed by atoms with Gasteiger partial charge < -0.3 is 39.7 Å². The van der Waals surface area contributed by atoms with Crippen LogP contribution in [0.25, 0.3) is 0 Å². The topological polar surface area (TPSA) is 129 Å². The van der Waals surface area contributed by atoms with Gasteiger partial charge in [0.1, 0.15) is 23.9 Å². The summed E-state index contributed by atoms with van der Waals surface area (Å²) in [6.07, 6.45) is -5.65. The Balaban J connectivity index is 2.18. The van der Waals surface area contributed by atoms with Crippen molar-refractivity contribution in [2.24, 2.45) is 5.92 Å². The minimum atomic E-state index is -1.41. The molecule has 0 amide bonds. The summed E-state index contributed by atoms with van der Waals surface area (Å²) in [6.45, 7) is 3.29. The molecule has 0 saturated carbocycles. The van der Waals surface area contributed by atoms with Crippen LogP contribution >= 0.6 is 0 Å². The first-order chi connectivity index (χ1) is 10.9. The van der Waals surface area contributed by atoms with E-state index >= 15 is 0 Å². The molecule has 2 rings (SSSR count). The lowest BCUT2D eigenvalue weighted by Crippen LogP contribution is -2.64. The van der Waals surface area contributed by atoms with Crippen molar-refractivity contribution in [3.8, 4) is 0 Å². The van der Waals surface area contributed by atoms with Gasteiger partial charge in [-0.1, -0.05) is 13.8 Å². The summed E-state index contributed by atoms with van der Waals surface area (Å²) in [6, 6.07) is 0. The van der Waals surface area contributed by atoms with Crippen LogP contribution in [-0.2, 0) is 14.2 Å². The molecule has 2 aliphatic rings. The lowest BCUT2D eigenvalue weighted by Gasteiger charge is -2.48. The second-order valence-corrected chi connectivity index (χ2v) is 6.48. The van der Waals surface area contributed by atoms with Crippen molar-refractivity contribution < 1.29 is 39.7 Å². The van der Waals surface area contributed by atoms with Crippen molar-refractivity contribution in [3.63, 3.8) is 0 Å². The first kappa shape index (κ1) is 19.0. The van der Waals surface area contributed by atoms with Crippen LogP contribution in [-0.4, -0.2) is 87.8 Å². The molecule has 23 heavy (non-hydrogen) atoms. The summed E-state index contributed by atoms with van der Waals surface area (Å²) in [5.74, 6) is -0.262. The lowest BCUT2D eigenvalue weighted by molar-refractivity contribution is -0.346. The summed E-state index contributed by atoms with van der Waals surface area (Å²) in [5, 5.41) is 49.9. The van der Waals surface area contributed by atoms with Crippen molar-refractivity contribution in [1.82, 2.24) is 0 Å². The molecule has 0 bridgehead atoms. The van der Waals surface area contributed by atoms with Crippen LogP contribution in [0.4, 0.5) is 0 Å². The van der Waals surface area contributed by atoms with Crippen molar-refractivity contribution in [2.45, 2.75) is 69.1 Å². The highest BCUT2D eigenvalue weighted by Gasteiger charge is 2.51. The average molecular weight is 336 g/mol. The van der Waals surface area contributed by atoms with Crippen LogP contribution in [0.2, 0.25) is 0 Å². The number of hydrogen-bond acceptors (Lipinski definition) is 8. The summed E-state index contributed by atoms with van der Waals surface area (Å²) >= 11 is 0. The van der Waals surface area contributed by atoms with Crippen LogP contribution in [0, 0.1) is 5.92 Å². The molecule has 0 aromatic carbocycles. The van der Waals surface area contributed by atoms with Gasteiger partial charge in [-0.25, -0.2) is 0 Å². The number of ether oxygens (including phenoxy) is 3. The van der Waals surface area contributed by atoms with E-state index in [-0.39, 0.29) is 38.3 Å². The zero-order valence-electron chi connectivity index (χ0n) is 13.5. The Morgan fingerprint density at radius 3 is 2.48 bits per heavy atom. The molecule has 8 atom stereocenters. The second-order valence-electron chi connectivity index (χ2n) is 6.48. The Hall–Kier alpha value is -0.320. The molecule has 8 nitrogen and oxygen atoms in total. The lowest BCUT2D eigenvalue weighted by atomic mass is 9.86. The maximum Gasteiger partial charge on any atom is 0.187 e. The van der Waals surface area contributed by atoms with Crippen molar-refractivity contribution in [1.29, 1.82) is 0 Å². The average Bonchev–Trinajstić information content (AvgIpc) is 2.53. The maximum absolute atomic E-state index is 10.3. The molecule has 0 radical (unpaired) electrons. The van der Waals surface area contributed by atoms with E-state index in [0.29, 0.717) is 6.42 Å². The third kappa shape index (κ3) is 3.69. The molecule has 0 aliphatic carbocycles. The van der Waals surface area contributed by atoms with E-state index in [1.807, 2.05) is 6.92 Å². The molecular formula is C15H28O8.